The second-order valence-corrected chi connectivity index (χ2v) is 10.9. The number of hydrogen-bond donors (Lipinski definition) is 2. The van der Waals surface area contributed by atoms with Crippen molar-refractivity contribution in [2.24, 2.45) is 10.7 Å². The largest absolute Gasteiger partial charge is 0.447 e. The third-order valence-corrected chi connectivity index (χ3v) is 7.81. The molecule has 3 N–H and O–H groups in total. The van der Waals surface area contributed by atoms with Crippen LogP contribution in [0.25, 0.3) is 16.8 Å². The summed E-state index contributed by atoms with van der Waals surface area (Å²) in [4.78, 5) is 35.1. The number of alkyl halides is 6. The van der Waals surface area contributed by atoms with Crippen LogP contribution in [-0.2, 0) is 9.53 Å². The van der Waals surface area contributed by atoms with Crippen LogP contribution in [-0.4, -0.2) is 66.0 Å². The van der Waals surface area contributed by atoms with E-state index < -0.39 is 67.9 Å². The van der Waals surface area contributed by atoms with E-state index in [0.717, 1.165) is 22.1 Å². The van der Waals surface area contributed by atoms with Gasteiger partial charge in [-0.3, -0.25) is 9.69 Å². The van der Waals surface area contributed by atoms with Crippen molar-refractivity contribution in [1.29, 1.82) is 0 Å². The van der Waals surface area contributed by atoms with Gasteiger partial charge >= 0.3 is 12.6 Å². The quantitative estimate of drug-likeness (QED) is 0.219. The summed E-state index contributed by atoms with van der Waals surface area (Å²) < 4.78 is 86.4. The Morgan fingerprint density at radius 1 is 1.11 bits per heavy atom. The fourth-order valence-corrected chi connectivity index (χ4v) is 5.19. The fraction of sp³-hybridized carbons (Fsp3) is 0.286. The van der Waals surface area contributed by atoms with Gasteiger partial charge < -0.3 is 15.8 Å². The second-order valence-electron chi connectivity index (χ2n) is 10.5. The number of nitrogens with zero attached hydrogens (tertiary/aromatic N) is 7. The van der Waals surface area contributed by atoms with Crippen LogP contribution < -0.4 is 11.1 Å². The maximum Gasteiger partial charge on any atom is 0.407 e. The number of carbonyl (C=O) groups excluding carboxylic acids is 2. The summed E-state index contributed by atoms with van der Waals surface area (Å²) in [6.45, 7) is -3.44. The lowest BCUT2D eigenvalue weighted by atomic mass is 10.0. The summed E-state index contributed by atoms with van der Waals surface area (Å²) in [5.74, 6) is -4.76. The van der Waals surface area contributed by atoms with Gasteiger partial charge in [-0.25, -0.2) is 41.7 Å². The summed E-state index contributed by atoms with van der Waals surface area (Å²) in [6.07, 6.45) is -1.45. The van der Waals surface area contributed by atoms with E-state index in [9.17, 15) is 35.9 Å². The molecule has 246 valence electrons. The Morgan fingerprint density at radius 2 is 1.83 bits per heavy atom. The number of benzene rings is 2. The summed E-state index contributed by atoms with van der Waals surface area (Å²) in [5.41, 5.74) is 7.66. The Kier molecular flexibility index (Phi) is 8.29. The van der Waals surface area contributed by atoms with Gasteiger partial charge in [-0.15, -0.1) is 0 Å². The van der Waals surface area contributed by atoms with Gasteiger partial charge in [0.1, 0.15) is 19.0 Å². The minimum Gasteiger partial charge on any atom is -0.447 e. The molecule has 4 aromatic rings. The number of nitrogens with two attached hydrogens (primary N) is 1. The Hall–Kier alpha value is -5.13. The van der Waals surface area contributed by atoms with Crippen molar-refractivity contribution in [1.82, 2.24) is 34.8 Å². The number of nitrogens with one attached hydrogen (secondary N) is 1. The first-order chi connectivity index (χ1) is 22.3. The number of aromatic nitrogens is 5. The zero-order chi connectivity index (χ0) is 33.6. The van der Waals surface area contributed by atoms with Crippen LogP contribution >= 0.6 is 11.6 Å². The van der Waals surface area contributed by atoms with Crippen LogP contribution in [0.4, 0.5) is 31.1 Å². The van der Waals surface area contributed by atoms with Gasteiger partial charge in [0.25, 0.3) is 18.3 Å². The van der Waals surface area contributed by atoms with Crippen molar-refractivity contribution < 1.29 is 40.7 Å². The molecule has 1 saturated carbocycles. The number of rotatable bonds is 10. The molecule has 3 atom stereocenters. The van der Waals surface area contributed by atoms with Crippen LogP contribution in [0.3, 0.4) is 0 Å². The molecule has 47 heavy (non-hydrogen) atoms. The first-order valence-electron chi connectivity index (χ1n) is 13.7. The second kappa shape index (κ2) is 12.2. The van der Waals surface area contributed by atoms with E-state index in [2.05, 4.69) is 20.2 Å². The molecule has 3 heterocycles. The van der Waals surface area contributed by atoms with Crippen molar-refractivity contribution in [3.63, 3.8) is 0 Å². The minimum atomic E-state index is -3.07. The molecule has 2 aliphatic rings. The van der Waals surface area contributed by atoms with E-state index in [1.54, 1.807) is 24.3 Å². The molecule has 0 unspecified atom stereocenters. The van der Waals surface area contributed by atoms with E-state index in [4.69, 9.17) is 22.1 Å². The molecule has 1 fully saturated rings. The fourth-order valence-electron chi connectivity index (χ4n) is 4.99. The molecule has 1 aliphatic carbocycles. The van der Waals surface area contributed by atoms with Gasteiger partial charge in [0, 0.05) is 18.2 Å². The number of aliphatic imine (C=N–C) groups is 1. The highest BCUT2D eigenvalue weighted by atomic mass is 35.5. The molecule has 6 rings (SSSR count). The van der Waals surface area contributed by atoms with Gasteiger partial charge in [0.05, 0.1) is 22.9 Å². The van der Waals surface area contributed by atoms with Gasteiger partial charge in [-0.05, 0) is 28.8 Å². The van der Waals surface area contributed by atoms with E-state index >= 15 is 0 Å². The third kappa shape index (κ3) is 6.32. The molecular formula is C28H22ClF6N9O3. The molecule has 1 aliphatic heterocycles. The molecule has 0 spiro atoms. The first-order valence-corrected chi connectivity index (χ1v) is 14.1. The SMILES string of the molecule is NC1=N[C@H](c2ccc(-c3cnn(C(F)F)c3)cc2)C(=O)N1[C@H](COC(=O)N[C@@H]1CC1(F)F)c1ccc(Cl)c(-n2ncnc2C(F)F)c1. The number of hydrogen-bond acceptors (Lipinski definition) is 8. The summed E-state index contributed by atoms with van der Waals surface area (Å²) in [7, 11) is 0. The molecule has 0 radical (unpaired) electrons. The van der Waals surface area contributed by atoms with Crippen molar-refractivity contribution in [2.45, 2.75) is 43.4 Å². The van der Waals surface area contributed by atoms with Gasteiger partial charge in [-0.2, -0.15) is 19.0 Å². The third-order valence-electron chi connectivity index (χ3n) is 7.50. The number of amides is 2. The van der Waals surface area contributed by atoms with Crippen LogP contribution in [0.5, 0.6) is 0 Å². The molecule has 19 heteroatoms. The van der Waals surface area contributed by atoms with Crippen molar-refractivity contribution in [3.8, 4) is 16.8 Å². The van der Waals surface area contributed by atoms with E-state index in [-0.39, 0.29) is 22.2 Å². The normalized spacial score (nSPS) is 19.3. The van der Waals surface area contributed by atoms with Crippen LogP contribution in [0.15, 0.2) is 66.2 Å². The lowest BCUT2D eigenvalue weighted by Gasteiger charge is -2.28. The number of ether oxygens (including phenoxy) is 1. The monoisotopic (exact) mass is 681 g/mol. The highest BCUT2D eigenvalue weighted by Gasteiger charge is 2.58. The molecular weight excluding hydrogens is 660 g/mol. The zero-order valence-corrected chi connectivity index (χ0v) is 24.4. The Bertz CT molecular complexity index is 1850. The van der Waals surface area contributed by atoms with E-state index in [0.29, 0.717) is 21.4 Å². The average Bonchev–Trinajstić information content (AvgIpc) is 3.51. The topological polar surface area (TPSA) is 146 Å². The van der Waals surface area contributed by atoms with Gasteiger partial charge in [-0.1, -0.05) is 41.9 Å². The van der Waals surface area contributed by atoms with E-state index in [1.807, 2.05) is 5.32 Å². The van der Waals surface area contributed by atoms with Gasteiger partial charge in [0.2, 0.25) is 0 Å². The number of halogens is 7. The highest BCUT2D eigenvalue weighted by Crippen LogP contribution is 2.42. The standard InChI is InChI=1S/C28H22ClF6N9O3/c29-17-6-5-15(7-18(17)44-23(22(30)31)37-12-39-44)19(11-47-27(46)40-20-8-28(20,34)35)43-24(45)21(41-26(43)36)14-3-1-13(2-4-14)16-9-38-42(10-16)25(32)33/h1-7,9-10,12,19-22,25H,8,11H2,(H2,36,41)(H,40,46)/t19-,20-,21-/m1/s1. The first kappa shape index (κ1) is 31.8. The Balaban J connectivity index is 1.29. The molecule has 0 saturated heterocycles. The highest BCUT2D eigenvalue weighted by molar-refractivity contribution is 6.32. The number of carbonyl (C=O) groups is 2. The molecule has 2 amide bonds. The van der Waals surface area contributed by atoms with Crippen molar-refractivity contribution >= 4 is 29.6 Å². The van der Waals surface area contributed by atoms with E-state index in [1.165, 1.54) is 24.4 Å². The predicted molar refractivity (Wildman–Crippen MR) is 152 cm³/mol. The lowest BCUT2D eigenvalue weighted by Crippen LogP contribution is -2.43. The van der Waals surface area contributed by atoms with Crippen molar-refractivity contribution in [2.75, 3.05) is 6.61 Å². The molecule has 0 bridgehead atoms. The number of guanidine groups is 1. The summed E-state index contributed by atoms with van der Waals surface area (Å²) in [5, 5.41) is 9.45. The van der Waals surface area contributed by atoms with Crippen LogP contribution in [0, 0.1) is 0 Å². The zero-order valence-electron chi connectivity index (χ0n) is 23.7. The molecule has 2 aromatic heterocycles. The Labute approximate surface area is 265 Å². The summed E-state index contributed by atoms with van der Waals surface area (Å²) in [6, 6.07) is 6.48. The molecule has 2 aromatic carbocycles. The number of alkyl carbamates (subject to hydrolysis) is 1. The Morgan fingerprint density at radius 3 is 2.47 bits per heavy atom. The maximum absolute atomic E-state index is 13.8. The summed E-state index contributed by atoms with van der Waals surface area (Å²) >= 11 is 6.31. The average molecular weight is 682 g/mol. The van der Waals surface area contributed by atoms with Crippen LogP contribution in [0.1, 0.15) is 48.4 Å². The maximum atomic E-state index is 13.8. The molecule has 12 nitrogen and oxygen atoms in total. The van der Waals surface area contributed by atoms with Gasteiger partial charge in [0.15, 0.2) is 17.8 Å². The van der Waals surface area contributed by atoms with Crippen molar-refractivity contribution in [3.05, 3.63) is 83.2 Å². The smallest absolute Gasteiger partial charge is 0.407 e. The van der Waals surface area contributed by atoms with Crippen LogP contribution in [0.2, 0.25) is 5.02 Å². The minimum absolute atomic E-state index is 0.0130. The lowest BCUT2D eigenvalue weighted by molar-refractivity contribution is -0.129. The predicted octanol–water partition coefficient (Wildman–Crippen LogP) is 5.19.